The maximum absolute atomic E-state index is 12.2. The summed E-state index contributed by atoms with van der Waals surface area (Å²) >= 11 is 0.916. The van der Waals surface area contributed by atoms with E-state index in [0.717, 1.165) is 16.7 Å². The SMILES string of the molecule is CC(C)NC(N)=NCc1nc(C(F)(F)F)cs1.I. The lowest BCUT2D eigenvalue weighted by molar-refractivity contribution is -0.140. The summed E-state index contributed by atoms with van der Waals surface area (Å²) < 4.78 is 36.7. The Morgan fingerprint density at radius 3 is 2.61 bits per heavy atom. The molecule has 0 aliphatic heterocycles. The highest BCUT2D eigenvalue weighted by atomic mass is 127. The van der Waals surface area contributed by atoms with Gasteiger partial charge in [-0.3, -0.25) is 0 Å². The molecule has 0 atom stereocenters. The Balaban J connectivity index is 0.00000289. The summed E-state index contributed by atoms with van der Waals surface area (Å²) in [6, 6.07) is 0.126. The number of aromatic nitrogens is 1. The van der Waals surface area contributed by atoms with Crippen LogP contribution in [0, 0.1) is 0 Å². The summed E-state index contributed by atoms with van der Waals surface area (Å²) in [6.45, 7) is 3.81. The van der Waals surface area contributed by atoms with Crippen molar-refractivity contribution >= 4 is 41.3 Å². The number of guanidine groups is 1. The van der Waals surface area contributed by atoms with Crippen LogP contribution in [0.15, 0.2) is 10.4 Å². The van der Waals surface area contributed by atoms with Crippen molar-refractivity contribution in [3.63, 3.8) is 0 Å². The fourth-order valence-electron chi connectivity index (χ4n) is 1.01. The van der Waals surface area contributed by atoms with Crippen LogP contribution in [0.3, 0.4) is 0 Å². The number of hydrogen-bond donors (Lipinski definition) is 2. The van der Waals surface area contributed by atoms with E-state index < -0.39 is 11.9 Å². The molecule has 0 radical (unpaired) electrons. The van der Waals surface area contributed by atoms with Gasteiger partial charge in [0.1, 0.15) is 5.01 Å². The summed E-state index contributed by atoms with van der Waals surface area (Å²) in [5.41, 5.74) is 4.62. The molecule has 18 heavy (non-hydrogen) atoms. The van der Waals surface area contributed by atoms with Crippen LogP contribution >= 0.6 is 35.3 Å². The van der Waals surface area contributed by atoms with Crippen molar-refractivity contribution in [2.45, 2.75) is 32.6 Å². The first-order valence-corrected chi connectivity index (χ1v) is 5.75. The second-order valence-corrected chi connectivity index (χ2v) is 4.57. The molecule has 0 saturated heterocycles. The van der Waals surface area contributed by atoms with Gasteiger partial charge in [-0.15, -0.1) is 35.3 Å². The molecule has 1 aromatic heterocycles. The Kier molecular flexibility index (Phi) is 6.89. The first-order chi connectivity index (χ1) is 7.79. The minimum absolute atomic E-state index is 0. The quantitative estimate of drug-likeness (QED) is 0.471. The predicted octanol–water partition coefficient (Wildman–Crippen LogP) is 2.59. The number of rotatable bonds is 3. The van der Waals surface area contributed by atoms with E-state index in [2.05, 4.69) is 15.3 Å². The first kappa shape index (κ1) is 17.4. The molecule has 3 N–H and O–H groups in total. The average Bonchev–Trinajstić information content (AvgIpc) is 2.61. The molecule has 0 amide bonds. The van der Waals surface area contributed by atoms with Crippen molar-refractivity contribution in [2.24, 2.45) is 10.7 Å². The fourth-order valence-corrected chi connectivity index (χ4v) is 1.73. The number of hydrogen-bond acceptors (Lipinski definition) is 3. The number of thiazole rings is 1. The van der Waals surface area contributed by atoms with Gasteiger partial charge in [0.15, 0.2) is 11.7 Å². The van der Waals surface area contributed by atoms with Gasteiger partial charge in [-0.05, 0) is 13.8 Å². The number of nitrogens with zero attached hydrogens (tertiary/aromatic N) is 2. The topological polar surface area (TPSA) is 63.3 Å². The van der Waals surface area contributed by atoms with Crippen molar-refractivity contribution in [1.29, 1.82) is 0 Å². The Labute approximate surface area is 124 Å². The average molecular weight is 394 g/mol. The summed E-state index contributed by atoms with van der Waals surface area (Å²) in [5, 5.41) is 4.08. The van der Waals surface area contributed by atoms with E-state index in [-0.39, 0.29) is 47.5 Å². The Morgan fingerprint density at radius 1 is 1.56 bits per heavy atom. The van der Waals surface area contributed by atoms with Gasteiger partial charge in [-0.25, -0.2) is 9.98 Å². The van der Waals surface area contributed by atoms with E-state index in [1.807, 2.05) is 13.8 Å². The Bertz CT molecular complexity index is 403. The van der Waals surface area contributed by atoms with Crippen molar-refractivity contribution in [3.05, 3.63) is 16.1 Å². The van der Waals surface area contributed by atoms with Crippen LogP contribution < -0.4 is 11.1 Å². The van der Waals surface area contributed by atoms with E-state index in [0.29, 0.717) is 0 Å². The number of aliphatic imine (C=N–C) groups is 1. The molecule has 0 aromatic carbocycles. The number of alkyl halides is 3. The van der Waals surface area contributed by atoms with Crippen LogP contribution in [0.1, 0.15) is 24.5 Å². The monoisotopic (exact) mass is 394 g/mol. The van der Waals surface area contributed by atoms with Crippen LogP contribution in [-0.2, 0) is 12.7 Å². The Morgan fingerprint density at radius 2 is 2.17 bits per heavy atom. The second kappa shape index (κ2) is 7.12. The van der Waals surface area contributed by atoms with E-state index in [1.165, 1.54) is 0 Å². The molecule has 0 unspecified atom stereocenters. The number of nitrogens with two attached hydrogens (primary N) is 1. The third kappa shape index (κ3) is 5.85. The highest BCUT2D eigenvalue weighted by Crippen LogP contribution is 2.30. The van der Waals surface area contributed by atoms with Gasteiger partial charge in [-0.1, -0.05) is 0 Å². The van der Waals surface area contributed by atoms with Crippen molar-refractivity contribution in [3.8, 4) is 0 Å². The molecule has 1 rings (SSSR count). The minimum atomic E-state index is -4.40. The molecule has 0 aliphatic rings. The zero-order chi connectivity index (χ0) is 13.1. The molecule has 1 heterocycles. The van der Waals surface area contributed by atoms with E-state index >= 15 is 0 Å². The predicted molar refractivity (Wildman–Crippen MR) is 76.1 cm³/mol. The van der Waals surface area contributed by atoms with Gasteiger partial charge in [-0.2, -0.15) is 13.2 Å². The number of nitrogens with one attached hydrogen (secondary N) is 1. The van der Waals surface area contributed by atoms with Gasteiger partial charge in [0, 0.05) is 11.4 Å². The molecule has 0 spiro atoms. The minimum Gasteiger partial charge on any atom is -0.370 e. The highest BCUT2D eigenvalue weighted by Gasteiger charge is 2.33. The largest absolute Gasteiger partial charge is 0.434 e. The molecule has 0 fully saturated rings. The maximum atomic E-state index is 12.2. The zero-order valence-corrected chi connectivity index (χ0v) is 12.9. The van der Waals surface area contributed by atoms with Crippen LogP contribution in [-0.4, -0.2) is 17.0 Å². The van der Waals surface area contributed by atoms with Gasteiger partial charge >= 0.3 is 6.18 Å². The third-order valence-electron chi connectivity index (χ3n) is 1.66. The van der Waals surface area contributed by atoms with Crippen LogP contribution in [0.2, 0.25) is 0 Å². The lowest BCUT2D eigenvalue weighted by atomic mass is 10.4. The maximum Gasteiger partial charge on any atom is 0.434 e. The molecular formula is C9H14F3IN4S. The standard InChI is InChI=1S/C9H13F3N4S.HI/c1-5(2)15-8(13)14-3-7-16-6(4-17-7)9(10,11)12;/h4-5H,3H2,1-2H3,(H3,13,14,15);1H. The summed E-state index contributed by atoms with van der Waals surface area (Å²) in [5.74, 6) is 0.198. The third-order valence-corrected chi connectivity index (χ3v) is 2.50. The second-order valence-electron chi connectivity index (χ2n) is 3.62. The van der Waals surface area contributed by atoms with Crippen LogP contribution in [0.5, 0.6) is 0 Å². The van der Waals surface area contributed by atoms with E-state index in [9.17, 15) is 13.2 Å². The highest BCUT2D eigenvalue weighted by molar-refractivity contribution is 14.0. The molecule has 0 bridgehead atoms. The van der Waals surface area contributed by atoms with Crippen molar-refractivity contribution in [1.82, 2.24) is 10.3 Å². The van der Waals surface area contributed by atoms with Gasteiger partial charge in [0.2, 0.25) is 0 Å². The molecule has 0 aliphatic carbocycles. The summed E-state index contributed by atoms with van der Waals surface area (Å²) in [7, 11) is 0. The van der Waals surface area contributed by atoms with E-state index in [4.69, 9.17) is 5.73 Å². The molecule has 4 nitrogen and oxygen atoms in total. The Hall–Kier alpha value is -0.580. The van der Waals surface area contributed by atoms with Crippen LogP contribution in [0.4, 0.5) is 13.2 Å². The molecule has 104 valence electrons. The summed E-state index contributed by atoms with van der Waals surface area (Å²) in [4.78, 5) is 7.33. The molecular weight excluding hydrogens is 380 g/mol. The van der Waals surface area contributed by atoms with Gasteiger partial charge < -0.3 is 11.1 Å². The lowest BCUT2D eigenvalue weighted by Gasteiger charge is -2.07. The van der Waals surface area contributed by atoms with Gasteiger partial charge in [0.05, 0.1) is 6.54 Å². The molecule has 1 aromatic rings. The first-order valence-electron chi connectivity index (χ1n) is 4.87. The number of halogens is 4. The van der Waals surface area contributed by atoms with Gasteiger partial charge in [0.25, 0.3) is 0 Å². The molecule has 0 saturated carbocycles. The molecule has 9 heteroatoms. The van der Waals surface area contributed by atoms with Crippen molar-refractivity contribution in [2.75, 3.05) is 0 Å². The normalized spacial score (nSPS) is 12.4. The fraction of sp³-hybridized carbons (Fsp3) is 0.556. The van der Waals surface area contributed by atoms with Crippen LogP contribution in [0.25, 0.3) is 0 Å². The summed E-state index contributed by atoms with van der Waals surface area (Å²) in [6.07, 6.45) is -4.40. The smallest absolute Gasteiger partial charge is 0.370 e. The van der Waals surface area contributed by atoms with Crippen molar-refractivity contribution < 1.29 is 13.2 Å². The van der Waals surface area contributed by atoms with E-state index in [1.54, 1.807) is 0 Å². The lowest BCUT2D eigenvalue weighted by Crippen LogP contribution is -2.36. The zero-order valence-electron chi connectivity index (χ0n) is 9.78.